The van der Waals surface area contributed by atoms with Crippen LogP contribution in [0.2, 0.25) is 10.0 Å². The van der Waals surface area contributed by atoms with Crippen molar-refractivity contribution < 1.29 is 4.79 Å². The first-order chi connectivity index (χ1) is 13.0. The number of thiophene rings is 1. The Morgan fingerprint density at radius 1 is 1.26 bits per heavy atom. The maximum absolute atomic E-state index is 12.9. The van der Waals surface area contributed by atoms with E-state index in [1.807, 2.05) is 0 Å². The van der Waals surface area contributed by atoms with Gasteiger partial charge < -0.3 is 5.32 Å². The van der Waals surface area contributed by atoms with Gasteiger partial charge in [-0.3, -0.25) is 14.2 Å². The van der Waals surface area contributed by atoms with Gasteiger partial charge in [0, 0.05) is 17.8 Å². The molecule has 4 rings (SSSR count). The Balaban J connectivity index is 1.52. The third-order valence-corrected chi connectivity index (χ3v) is 6.77. The summed E-state index contributed by atoms with van der Waals surface area (Å²) < 4.78 is 1.52. The molecule has 0 unspecified atom stereocenters. The van der Waals surface area contributed by atoms with Crippen molar-refractivity contribution in [2.45, 2.75) is 38.6 Å². The Morgan fingerprint density at radius 3 is 2.93 bits per heavy atom. The number of carbonyl (C=O) groups excluding carboxylic acids is 1. The van der Waals surface area contributed by atoms with Crippen LogP contribution in [0.3, 0.4) is 0 Å². The topological polar surface area (TPSA) is 64.0 Å². The van der Waals surface area contributed by atoms with Gasteiger partial charge >= 0.3 is 0 Å². The fraction of sp³-hybridized carbons (Fsp3) is 0.316. The lowest BCUT2D eigenvalue weighted by atomic mass is 9.97. The van der Waals surface area contributed by atoms with Gasteiger partial charge in [0.2, 0.25) is 5.91 Å². The molecule has 3 aromatic rings. The molecular weight excluding hydrogens is 405 g/mol. The van der Waals surface area contributed by atoms with Crippen LogP contribution < -0.4 is 10.9 Å². The second-order valence-corrected chi connectivity index (χ2v) is 8.40. The summed E-state index contributed by atoms with van der Waals surface area (Å²) in [7, 11) is 0. The molecule has 1 aliphatic carbocycles. The highest BCUT2D eigenvalue weighted by molar-refractivity contribution is 7.18. The number of amides is 1. The maximum atomic E-state index is 12.9. The number of hydrogen-bond acceptors (Lipinski definition) is 4. The van der Waals surface area contributed by atoms with Crippen molar-refractivity contribution in [2.24, 2.45) is 0 Å². The molecule has 0 saturated carbocycles. The number of aryl methyl sites for hydroxylation is 3. The summed E-state index contributed by atoms with van der Waals surface area (Å²) >= 11 is 13.7. The molecule has 0 spiro atoms. The van der Waals surface area contributed by atoms with Crippen molar-refractivity contribution in [1.82, 2.24) is 9.55 Å². The van der Waals surface area contributed by atoms with E-state index in [1.54, 1.807) is 29.5 Å². The van der Waals surface area contributed by atoms with E-state index in [0.29, 0.717) is 15.7 Å². The normalized spacial score (nSPS) is 13.6. The summed E-state index contributed by atoms with van der Waals surface area (Å²) in [4.78, 5) is 31.7. The highest BCUT2D eigenvalue weighted by Gasteiger charge is 2.20. The number of hydrogen-bond donors (Lipinski definition) is 1. The lowest BCUT2D eigenvalue weighted by Gasteiger charge is -2.11. The summed E-state index contributed by atoms with van der Waals surface area (Å²) in [6.45, 7) is 0.260. The molecule has 1 amide bonds. The third-order valence-electron chi connectivity index (χ3n) is 4.75. The molecule has 140 valence electrons. The third kappa shape index (κ3) is 3.61. The van der Waals surface area contributed by atoms with Gasteiger partial charge in [0.15, 0.2) is 0 Å². The van der Waals surface area contributed by atoms with Crippen LogP contribution in [0.25, 0.3) is 10.2 Å². The minimum atomic E-state index is -0.237. The molecule has 0 aliphatic heterocycles. The molecule has 8 heteroatoms. The molecule has 1 aromatic carbocycles. The number of rotatable bonds is 4. The summed E-state index contributed by atoms with van der Waals surface area (Å²) in [5.41, 5.74) is 1.55. The molecule has 0 saturated heterocycles. The molecule has 0 radical (unpaired) electrons. The Morgan fingerprint density at radius 2 is 2.07 bits per heavy atom. The molecule has 0 atom stereocenters. The van der Waals surface area contributed by atoms with Gasteiger partial charge in [-0.2, -0.15) is 0 Å². The van der Waals surface area contributed by atoms with E-state index in [1.165, 1.54) is 22.2 Å². The molecule has 5 nitrogen and oxygen atoms in total. The van der Waals surface area contributed by atoms with E-state index in [9.17, 15) is 9.59 Å². The van der Waals surface area contributed by atoms with Gasteiger partial charge in [-0.05, 0) is 43.4 Å². The van der Waals surface area contributed by atoms with Gasteiger partial charge in [-0.1, -0.05) is 29.3 Å². The second-order valence-electron chi connectivity index (χ2n) is 6.53. The SMILES string of the molecule is O=C(CCn1cnc2sc3c(c2c1=O)CCCC3)Nc1cccc(Cl)c1Cl. The number of benzene rings is 1. The molecule has 2 aromatic heterocycles. The van der Waals surface area contributed by atoms with Gasteiger partial charge in [0.1, 0.15) is 4.83 Å². The second kappa shape index (κ2) is 7.62. The fourth-order valence-corrected chi connectivity index (χ4v) is 4.94. The van der Waals surface area contributed by atoms with Crippen molar-refractivity contribution in [1.29, 1.82) is 0 Å². The molecule has 0 bridgehead atoms. The minimum absolute atomic E-state index is 0.0620. The molecular formula is C19H17Cl2N3O2S. The van der Waals surface area contributed by atoms with Crippen LogP contribution in [0.1, 0.15) is 29.7 Å². The van der Waals surface area contributed by atoms with Crippen LogP contribution >= 0.6 is 34.5 Å². The first-order valence-corrected chi connectivity index (χ1v) is 10.4. The first-order valence-electron chi connectivity index (χ1n) is 8.78. The standard InChI is InChI=1S/C19H17Cl2N3O2S/c20-12-5-3-6-13(17(12)21)23-15(25)8-9-24-10-22-18-16(19(24)26)11-4-1-2-7-14(11)27-18/h3,5-6,10H,1-2,4,7-9H2,(H,23,25). The Hall–Kier alpha value is -1.89. The van der Waals surface area contributed by atoms with Crippen LogP contribution in [-0.4, -0.2) is 15.5 Å². The predicted octanol–water partition coefficient (Wildman–Crippen LogP) is 4.67. The van der Waals surface area contributed by atoms with Gasteiger partial charge in [-0.25, -0.2) is 4.98 Å². The molecule has 1 N–H and O–H groups in total. The number of halogens is 2. The van der Waals surface area contributed by atoms with Crippen molar-refractivity contribution in [3.8, 4) is 0 Å². The van der Waals surface area contributed by atoms with Crippen LogP contribution in [0.5, 0.6) is 0 Å². The van der Waals surface area contributed by atoms with Crippen LogP contribution in [0.15, 0.2) is 29.3 Å². The zero-order valence-corrected chi connectivity index (χ0v) is 16.8. The molecule has 27 heavy (non-hydrogen) atoms. The number of fused-ring (bicyclic) bond motifs is 3. The zero-order valence-electron chi connectivity index (χ0n) is 14.4. The minimum Gasteiger partial charge on any atom is -0.325 e. The Bertz CT molecular complexity index is 1090. The van der Waals surface area contributed by atoms with E-state index in [0.717, 1.165) is 35.0 Å². The van der Waals surface area contributed by atoms with Gasteiger partial charge in [-0.15, -0.1) is 11.3 Å². The lowest BCUT2D eigenvalue weighted by molar-refractivity contribution is -0.116. The maximum Gasteiger partial charge on any atom is 0.262 e. The van der Waals surface area contributed by atoms with Crippen LogP contribution in [0.4, 0.5) is 5.69 Å². The Kier molecular flexibility index (Phi) is 5.21. The van der Waals surface area contributed by atoms with Crippen LogP contribution in [-0.2, 0) is 24.2 Å². The quantitative estimate of drug-likeness (QED) is 0.665. The highest BCUT2D eigenvalue weighted by Crippen LogP contribution is 2.33. The first kappa shape index (κ1) is 18.5. The number of nitrogens with one attached hydrogen (secondary N) is 1. The van der Waals surface area contributed by atoms with Crippen molar-refractivity contribution in [3.05, 3.63) is 55.4 Å². The molecule has 2 heterocycles. The summed E-state index contributed by atoms with van der Waals surface area (Å²) in [5, 5.41) is 4.15. The summed E-state index contributed by atoms with van der Waals surface area (Å²) in [5.74, 6) is -0.237. The van der Waals surface area contributed by atoms with E-state index in [-0.39, 0.29) is 24.4 Å². The predicted molar refractivity (Wildman–Crippen MR) is 110 cm³/mol. The average Bonchev–Trinajstić information content (AvgIpc) is 3.04. The average molecular weight is 422 g/mol. The molecule has 0 fully saturated rings. The number of aromatic nitrogens is 2. The lowest BCUT2D eigenvalue weighted by Crippen LogP contribution is -2.24. The largest absolute Gasteiger partial charge is 0.325 e. The summed E-state index contributed by atoms with van der Waals surface area (Å²) in [6, 6.07) is 5.05. The molecule has 1 aliphatic rings. The fourth-order valence-electron chi connectivity index (χ4n) is 3.38. The number of nitrogens with zero attached hydrogens (tertiary/aromatic N) is 2. The highest BCUT2D eigenvalue weighted by atomic mass is 35.5. The van der Waals surface area contributed by atoms with Crippen molar-refractivity contribution in [3.63, 3.8) is 0 Å². The number of anilines is 1. The van der Waals surface area contributed by atoms with Gasteiger partial charge in [0.25, 0.3) is 5.56 Å². The monoisotopic (exact) mass is 421 g/mol. The Labute approximate surface area is 169 Å². The van der Waals surface area contributed by atoms with Crippen molar-refractivity contribution in [2.75, 3.05) is 5.32 Å². The van der Waals surface area contributed by atoms with Gasteiger partial charge in [0.05, 0.1) is 27.4 Å². The van der Waals surface area contributed by atoms with E-state index in [2.05, 4.69) is 10.3 Å². The van der Waals surface area contributed by atoms with E-state index >= 15 is 0 Å². The number of carbonyl (C=O) groups is 1. The van der Waals surface area contributed by atoms with Crippen molar-refractivity contribution >= 4 is 56.3 Å². The zero-order chi connectivity index (χ0) is 19.0. The van der Waals surface area contributed by atoms with E-state index < -0.39 is 0 Å². The van der Waals surface area contributed by atoms with E-state index in [4.69, 9.17) is 23.2 Å². The smallest absolute Gasteiger partial charge is 0.262 e. The van der Waals surface area contributed by atoms with Crippen LogP contribution in [0, 0.1) is 0 Å². The summed E-state index contributed by atoms with van der Waals surface area (Å²) in [6.07, 6.45) is 5.91.